The molecule has 2 heterocycles. The molecule has 12 heteroatoms. The Morgan fingerprint density at radius 1 is 0.815 bits per heavy atom. The van der Waals surface area contributed by atoms with Crippen LogP contribution in [0.15, 0.2) is 0 Å². The van der Waals surface area contributed by atoms with E-state index in [1.54, 1.807) is 4.90 Å². The lowest BCUT2D eigenvalue weighted by atomic mass is 10.3. The third-order valence-corrected chi connectivity index (χ3v) is 8.60. The van der Waals surface area contributed by atoms with Crippen LogP contribution in [0, 0.1) is 0 Å². The van der Waals surface area contributed by atoms with Gasteiger partial charge in [-0.05, 0) is 0 Å². The molecule has 2 saturated heterocycles. The van der Waals surface area contributed by atoms with E-state index in [9.17, 15) is 21.6 Å². The Morgan fingerprint density at radius 2 is 1.30 bits per heavy atom. The Morgan fingerprint density at radius 3 is 1.74 bits per heavy atom. The summed E-state index contributed by atoms with van der Waals surface area (Å²) in [6, 6.07) is 0. The number of hydrogen-bond donors (Lipinski definition) is 0. The molecule has 0 aromatic rings. The fraction of sp³-hybridized carbons (Fsp3) is 0.933. The van der Waals surface area contributed by atoms with Gasteiger partial charge in [-0.2, -0.15) is 21.3 Å². The van der Waals surface area contributed by atoms with Gasteiger partial charge in [0.2, 0.25) is 15.9 Å². The van der Waals surface area contributed by atoms with Crippen molar-refractivity contribution in [2.45, 2.75) is 13.8 Å². The molecule has 0 N–H and O–H groups in total. The van der Waals surface area contributed by atoms with Gasteiger partial charge in [-0.25, -0.2) is 8.42 Å². The molecule has 1 amide bonds. The molecule has 2 fully saturated rings. The molecule has 0 bridgehead atoms. The Bertz CT molecular complexity index is 707. The first-order valence-corrected chi connectivity index (χ1v) is 12.5. The van der Waals surface area contributed by atoms with Crippen molar-refractivity contribution < 1.29 is 21.6 Å². The van der Waals surface area contributed by atoms with Gasteiger partial charge in [0.05, 0.1) is 12.8 Å². The molecule has 10 nitrogen and oxygen atoms in total. The summed E-state index contributed by atoms with van der Waals surface area (Å²) in [5.74, 6) is -0.0387. The second kappa shape index (κ2) is 9.14. The van der Waals surface area contributed by atoms with Crippen molar-refractivity contribution in [2.75, 3.05) is 78.2 Å². The van der Waals surface area contributed by atoms with Gasteiger partial charge < -0.3 is 4.90 Å². The van der Waals surface area contributed by atoms with Crippen LogP contribution in [0.25, 0.3) is 0 Å². The van der Waals surface area contributed by atoms with E-state index in [1.807, 2.05) is 18.7 Å². The van der Waals surface area contributed by atoms with Crippen molar-refractivity contribution in [2.24, 2.45) is 0 Å². The molecule has 0 aromatic heterocycles. The molecule has 158 valence electrons. The average molecular weight is 426 g/mol. The summed E-state index contributed by atoms with van der Waals surface area (Å²) in [5, 5.41) is 0. The van der Waals surface area contributed by atoms with E-state index in [4.69, 9.17) is 0 Å². The second-order valence-electron chi connectivity index (χ2n) is 6.81. The van der Waals surface area contributed by atoms with E-state index >= 15 is 0 Å². The van der Waals surface area contributed by atoms with Crippen molar-refractivity contribution in [3.63, 3.8) is 0 Å². The maximum atomic E-state index is 12.5. The first kappa shape index (κ1) is 22.5. The van der Waals surface area contributed by atoms with Crippen molar-refractivity contribution in [3.05, 3.63) is 0 Å². The van der Waals surface area contributed by atoms with E-state index < -0.39 is 20.2 Å². The van der Waals surface area contributed by atoms with Crippen LogP contribution < -0.4 is 0 Å². The molecular weight excluding hydrogens is 394 g/mol. The van der Waals surface area contributed by atoms with Gasteiger partial charge in [-0.15, -0.1) is 0 Å². The van der Waals surface area contributed by atoms with E-state index in [0.717, 1.165) is 0 Å². The molecule has 0 radical (unpaired) electrons. The molecule has 0 saturated carbocycles. The van der Waals surface area contributed by atoms with Gasteiger partial charge in [0.1, 0.15) is 0 Å². The maximum absolute atomic E-state index is 12.5. The SMILES string of the molecule is CCN(CC)S(=O)(=O)N1CCN(CC(=O)N2CCN(S(C)(=O)=O)CC2)CC1. The smallest absolute Gasteiger partial charge is 0.282 e. The van der Waals surface area contributed by atoms with E-state index in [1.165, 1.54) is 19.2 Å². The Kier molecular flexibility index (Phi) is 7.62. The summed E-state index contributed by atoms with van der Waals surface area (Å²) in [6.07, 6.45) is 1.18. The lowest BCUT2D eigenvalue weighted by Gasteiger charge is -2.38. The number of nitrogens with zero attached hydrogens (tertiary/aromatic N) is 5. The fourth-order valence-corrected chi connectivity index (χ4v) is 5.82. The third kappa shape index (κ3) is 5.61. The number of carbonyl (C=O) groups excluding carboxylic acids is 1. The predicted octanol–water partition coefficient (Wildman–Crippen LogP) is -1.71. The standard InChI is InChI=1S/C15H31N5O5S2/c1-4-18(5-2)27(24,25)20-10-6-16(7-11-20)14-15(21)17-8-12-19(13-9-17)26(3,22)23/h4-14H2,1-3H3. The highest BCUT2D eigenvalue weighted by Crippen LogP contribution is 2.13. The first-order chi connectivity index (χ1) is 12.6. The normalized spacial score (nSPS) is 21.7. The molecule has 0 spiro atoms. The number of amides is 1. The summed E-state index contributed by atoms with van der Waals surface area (Å²) >= 11 is 0. The molecule has 0 aromatic carbocycles. The number of carbonyl (C=O) groups is 1. The predicted molar refractivity (Wildman–Crippen MR) is 103 cm³/mol. The summed E-state index contributed by atoms with van der Waals surface area (Å²) in [5.41, 5.74) is 0. The lowest BCUT2D eigenvalue weighted by Crippen LogP contribution is -2.56. The van der Waals surface area contributed by atoms with Gasteiger partial charge in [0, 0.05) is 65.4 Å². The summed E-state index contributed by atoms with van der Waals surface area (Å²) in [7, 11) is -6.65. The van der Waals surface area contributed by atoms with Gasteiger partial charge in [-0.3, -0.25) is 9.69 Å². The Labute approximate surface area is 162 Å². The minimum absolute atomic E-state index is 0.0387. The topological polar surface area (TPSA) is 102 Å². The summed E-state index contributed by atoms with van der Waals surface area (Å²) < 4.78 is 52.5. The molecule has 2 aliphatic rings. The third-order valence-electron chi connectivity index (χ3n) is 5.11. The summed E-state index contributed by atoms with van der Waals surface area (Å²) in [6.45, 7) is 7.93. The number of rotatable bonds is 7. The zero-order valence-corrected chi connectivity index (χ0v) is 18.0. The summed E-state index contributed by atoms with van der Waals surface area (Å²) in [4.78, 5) is 16.1. The van der Waals surface area contributed by atoms with Crippen LogP contribution in [0.4, 0.5) is 0 Å². The number of sulfonamides is 1. The molecular formula is C15H31N5O5S2. The molecule has 2 aliphatic heterocycles. The molecule has 0 aliphatic carbocycles. The maximum Gasteiger partial charge on any atom is 0.282 e. The van der Waals surface area contributed by atoms with Crippen LogP contribution in [0.2, 0.25) is 0 Å². The largest absolute Gasteiger partial charge is 0.339 e. The molecule has 27 heavy (non-hydrogen) atoms. The van der Waals surface area contributed by atoms with Crippen molar-refractivity contribution in [1.82, 2.24) is 22.7 Å². The highest BCUT2D eigenvalue weighted by molar-refractivity contribution is 7.88. The first-order valence-electron chi connectivity index (χ1n) is 9.30. The Balaban J connectivity index is 1.81. The number of hydrogen-bond acceptors (Lipinski definition) is 6. The molecule has 2 rings (SSSR count). The average Bonchev–Trinajstić information content (AvgIpc) is 2.62. The quantitative estimate of drug-likeness (QED) is 0.482. The Hall–Kier alpha value is -0.790. The van der Waals surface area contributed by atoms with Crippen LogP contribution in [-0.2, 0) is 25.0 Å². The minimum atomic E-state index is -3.43. The highest BCUT2D eigenvalue weighted by atomic mass is 32.2. The zero-order valence-electron chi connectivity index (χ0n) is 16.4. The van der Waals surface area contributed by atoms with E-state index in [0.29, 0.717) is 65.4 Å². The number of piperazine rings is 2. The van der Waals surface area contributed by atoms with Crippen LogP contribution >= 0.6 is 0 Å². The van der Waals surface area contributed by atoms with Crippen molar-refractivity contribution >= 4 is 26.1 Å². The van der Waals surface area contributed by atoms with E-state index in [-0.39, 0.29) is 12.5 Å². The molecule has 0 unspecified atom stereocenters. The van der Waals surface area contributed by atoms with Crippen LogP contribution in [0.1, 0.15) is 13.8 Å². The fourth-order valence-electron chi connectivity index (χ4n) is 3.39. The zero-order chi connectivity index (χ0) is 20.2. The van der Waals surface area contributed by atoms with Gasteiger partial charge in [0.15, 0.2) is 0 Å². The highest BCUT2D eigenvalue weighted by Gasteiger charge is 2.32. The van der Waals surface area contributed by atoms with E-state index in [2.05, 4.69) is 0 Å². The minimum Gasteiger partial charge on any atom is -0.339 e. The van der Waals surface area contributed by atoms with Crippen LogP contribution in [0.3, 0.4) is 0 Å². The van der Waals surface area contributed by atoms with Crippen LogP contribution in [0.5, 0.6) is 0 Å². The van der Waals surface area contributed by atoms with Gasteiger partial charge in [-0.1, -0.05) is 13.8 Å². The van der Waals surface area contributed by atoms with Crippen molar-refractivity contribution in [3.8, 4) is 0 Å². The lowest BCUT2D eigenvalue weighted by molar-refractivity contribution is -0.133. The van der Waals surface area contributed by atoms with Gasteiger partial charge in [0.25, 0.3) is 10.2 Å². The molecule has 0 atom stereocenters. The van der Waals surface area contributed by atoms with Crippen molar-refractivity contribution in [1.29, 1.82) is 0 Å². The van der Waals surface area contributed by atoms with Crippen LogP contribution in [-0.4, -0.2) is 124 Å². The van der Waals surface area contributed by atoms with Gasteiger partial charge >= 0.3 is 0 Å². The monoisotopic (exact) mass is 425 g/mol. The second-order valence-corrected chi connectivity index (χ2v) is 10.7.